The molecule has 0 unspecified atom stereocenters. The van der Waals surface area contributed by atoms with Gasteiger partial charge in [-0.3, -0.25) is 9.59 Å². The smallest absolute Gasteiger partial charge is 0.257 e. The third-order valence-electron chi connectivity index (χ3n) is 4.86. The molecule has 0 saturated heterocycles. The maximum absolute atomic E-state index is 12.8. The molecule has 0 bridgehead atoms. The van der Waals surface area contributed by atoms with E-state index in [4.69, 9.17) is 0 Å². The van der Waals surface area contributed by atoms with E-state index in [9.17, 15) is 9.59 Å². The number of hydrogen-bond acceptors (Lipinski definition) is 2. The van der Waals surface area contributed by atoms with Gasteiger partial charge in [-0.25, -0.2) is 0 Å². The molecule has 146 valence electrons. The summed E-state index contributed by atoms with van der Waals surface area (Å²) in [7, 11) is 0. The van der Waals surface area contributed by atoms with Gasteiger partial charge in [-0.2, -0.15) is 0 Å². The van der Waals surface area contributed by atoms with Gasteiger partial charge in [0.1, 0.15) is 0 Å². The molecule has 0 aromatic heterocycles. The van der Waals surface area contributed by atoms with Crippen LogP contribution in [0.25, 0.3) is 5.57 Å². The molecule has 4 nitrogen and oxygen atoms in total. The highest BCUT2D eigenvalue weighted by Crippen LogP contribution is 2.22. The Balaban J connectivity index is 1.79. The first-order valence-corrected chi connectivity index (χ1v) is 9.47. The number of allylic oxidation sites excluding steroid dienone is 1. The second-order valence-electron chi connectivity index (χ2n) is 6.93. The second kappa shape index (κ2) is 9.02. The highest BCUT2D eigenvalue weighted by molar-refractivity contribution is 6.12. The summed E-state index contributed by atoms with van der Waals surface area (Å²) in [4.78, 5) is 25.4. The summed E-state index contributed by atoms with van der Waals surface area (Å²) in [5.74, 6) is -0.545. The summed E-state index contributed by atoms with van der Waals surface area (Å²) in [6.45, 7) is 5.85. The number of hydrogen-bond donors (Lipinski definition) is 2. The standard InChI is InChI=1S/C25H24N2O2/c1-17-10-9-15-22(19(17)3)27-25(29)21-13-7-8-14-23(21)26-24(28)16-18(2)20-11-5-4-6-12-20/h4-16H,1-3H3,(H,26,28)(H,27,29). The molecule has 3 aromatic rings. The molecular weight excluding hydrogens is 360 g/mol. The van der Waals surface area contributed by atoms with Gasteiger partial charge >= 0.3 is 0 Å². The van der Waals surface area contributed by atoms with Crippen molar-refractivity contribution in [1.82, 2.24) is 0 Å². The number of carbonyl (C=O) groups excluding carboxylic acids is 2. The number of benzene rings is 3. The molecule has 4 heteroatoms. The minimum absolute atomic E-state index is 0.265. The van der Waals surface area contributed by atoms with Crippen molar-refractivity contribution in [3.05, 3.63) is 101 Å². The van der Waals surface area contributed by atoms with Crippen molar-refractivity contribution in [3.63, 3.8) is 0 Å². The molecule has 3 rings (SSSR count). The molecule has 0 aliphatic rings. The molecule has 0 radical (unpaired) electrons. The fourth-order valence-electron chi connectivity index (χ4n) is 3.02. The molecule has 2 N–H and O–H groups in total. The third kappa shape index (κ3) is 4.99. The highest BCUT2D eigenvalue weighted by atomic mass is 16.2. The van der Waals surface area contributed by atoms with E-state index < -0.39 is 0 Å². The Kier molecular flexibility index (Phi) is 6.25. The Morgan fingerprint density at radius 1 is 0.759 bits per heavy atom. The molecule has 0 aliphatic heterocycles. The van der Waals surface area contributed by atoms with Crippen LogP contribution in [0, 0.1) is 13.8 Å². The van der Waals surface area contributed by atoms with E-state index in [0.717, 1.165) is 28.0 Å². The molecular formula is C25H24N2O2. The number of rotatable bonds is 5. The van der Waals surface area contributed by atoms with E-state index >= 15 is 0 Å². The van der Waals surface area contributed by atoms with Crippen molar-refractivity contribution in [1.29, 1.82) is 0 Å². The summed E-state index contributed by atoms with van der Waals surface area (Å²) >= 11 is 0. The maximum atomic E-state index is 12.8. The van der Waals surface area contributed by atoms with Gasteiger partial charge in [0.2, 0.25) is 5.91 Å². The second-order valence-corrected chi connectivity index (χ2v) is 6.93. The molecule has 0 fully saturated rings. The largest absolute Gasteiger partial charge is 0.322 e. The van der Waals surface area contributed by atoms with Crippen LogP contribution in [-0.4, -0.2) is 11.8 Å². The molecule has 0 spiro atoms. The first kappa shape index (κ1) is 20.1. The fourth-order valence-corrected chi connectivity index (χ4v) is 3.02. The quantitative estimate of drug-likeness (QED) is 0.563. The summed E-state index contributed by atoms with van der Waals surface area (Å²) in [6.07, 6.45) is 1.54. The van der Waals surface area contributed by atoms with Crippen molar-refractivity contribution in [2.45, 2.75) is 20.8 Å². The van der Waals surface area contributed by atoms with E-state index in [-0.39, 0.29) is 11.8 Å². The first-order valence-electron chi connectivity index (χ1n) is 9.47. The maximum Gasteiger partial charge on any atom is 0.257 e. The van der Waals surface area contributed by atoms with E-state index in [0.29, 0.717) is 11.3 Å². The van der Waals surface area contributed by atoms with Crippen LogP contribution < -0.4 is 10.6 Å². The van der Waals surface area contributed by atoms with Crippen LogP contribution in [0.1, 0.15) is 34.0 Å². The lowest BCUT2D eigenvalue weighted by molar-refractivity contribution is -0.111. The van der Waals surface area contributed by atoms with E-state index in [1.807, 2.05) is 69.3 Å². The fraction of sp³-hybridized carbons (Fsp3) is 0.120. The number of aryl methyl sites for hydroxylation is 1. The minimum atomic E-state index is -0.279. The Bertz CT molecular complexity index is 1070. The summed E-state index contributed by atoms with van der Waals surface area (Å²) in [5.41, 5.74) is 5.58. The topological polar surface area (TPSA) is 58.2 Å². The lowest BCUT2D eigenvalue weighted by atomic mass is 10.1. The van der Waals surface area contributed by atoms with Crippen molar-refractivity contribution >= 4 is 28.8 Å². The van der Waals surface area contributed by atoms with Crippen LogP contribution in [0.2, 0.25) is 0 Å². The Labute approximate surface area is 171 Å². The summed E-state index contributed by atoms with van der Waals surface area (Å²) in [5, 5.41) is 5.77. The minimum Gasteiger partial charge on any atom is -0.322 e. The highest BCUT2D eigenvalue weighted by Gasteiger charge is 2.14. The molecule has 0 heterocycles. The molecule has 29 heavy (non-hydrogen) atoms. The number of para-hydroxylation sites is 1. The Morgan fingerprint density at radius 2 is 1.41 bits per heavy atom. The zero-order valence-corrected chi connectivity index (χ0v) is 16.8. The van der Waals surface area contributed by atoms with Crippen LogP contribution in [0.5, 0.6) is 0 Å². The third-order valence-corrected chi connectivity index (χ3v) is 4.86. The Morgan fingerprint density at radius 3 is 2.17 bits per heavy atom. The normalized spacial score (nSPS) is 11.1. The van der Waals surface area contributed by atoms with Crippen LogP contribution >= 0.6 is 0 Å². The van der Waals surface area contributed by atoms with Gasteiger partial charge in [-0.15, -0.1) is 0 Å². The van der Waals surface area contributed by atoms with Crippen molar-refractivity contribution in [3.8, 4) is 0 Å². The summed E-state index contributed by atoms with van der Waals surface area (Å²) < 4.78 is 0. The first-order chi connectivity index (χ1) is 14.0. The van der Waals surface area contributed by atoms with Crippen LogP contribution in [0.15, 0.2) is 78.9 Å². The number of nitrogens with one attached hydrogen (secondary N) is 2. The Hall–Kier alpha value is -3.66. The molecule has 0 aliphatic carbocycles. The zero-order valence-electron chi connectivity index (χ0n) is 16.8. The van der Waals surface area contributed by atoms with E-state index in [2.05, 4.69) is 10.6 Å². The predicted molar refractivity (Wildman–Crippen MR) is 119 cm³/mol. The van der Waals surface area contributed by atoms with Gasteiger partial charge in [-0.1, -0.05) is 54.6 Å². The number of amides is 2. The molecule has 3 aromatic carbocycles. The van der Waals surface area contributed by atoms with E-state index in [1.54, 1.807) is 24.3 Å². The monoisotopic (exact) mass is 384 g/mol. The van der Waals surface area contributed by atoms with Crippen LogP contribution in [0.4, 0.5) is 11.4 Å². The molecule has 2 amide bonds. The van der Waals surface area contributed by atoms with Crippen LogP contribution in [0.3, 0.4) is 0 Å². The van der Waals surface area contributed by atoms with Crippen molar-refractivity contribution in [2.75, 3.05) is 10.6 Å². The predicted octanol–water partition coefficient (Wildman–Crippen LogP) is 5.60. The van der Waals surface area contributed by atoms with Crippen LogP contribution in [-0.2, 0) is 4.79 Å². The van der Waals surface area contributed by atoms with Gasteiger partial charge in [0.25, 0.3) is 5.91 Å². The lowest BCUT2D eigenvalue weighted by Gasteiger charge is -2.13. The van der Waals surface area contributed by atoms with E-state index in [1.165, 1.54) is 6.08 Å². The SMILES string of the molecule is CC(=CC(=O)Nc1ccccc1C(=O)Nc1cccc(C)c1C)c1ccccc1. The lowest BCUT2D eigenvalue weighted by Crippen LogP contribution is -2.17. The van der Waals surface area contributed by atoms with Crippen molar-refractivity contribution in [2.24, 2.45) is 0 Å². The van der Waals surface area contributed by atoms with Gasteiger partial charge in [0.05, 0.1) is 11.3 Å². The molecule has 0 atom stereocenters. The van der Waals surface area contributed by atoms with Gasteiger partial charge in [0.15, 0.2) is 0 Å². The van der Waals surface area contributed by atoms with Gasteiger partial charge < -0.3 is 10.6 Å². The van der Waals surface area contributed by atoms with Gasteiger partial charge in [-0.05, 0) is 61.2 Å². The zero-order chi connectivity index (χ0) is 20.8. The average molecular weight is 384 g/mol. The molecule has 0 saturated carbocycles. The average Bonchev–Trinajstić information content (AvgIpc) is 2.72. The van der Waals surface area contributed by atoms with Crippen molar-refractivity contribution < 1.29 is 9.59 Å². The number of anilines is 2. The summed E-state index contributed by atoms with van der Waals surface area (Å²) in [6, 6.07) is 22.4. The number of carbonyl (C=O) groups is 2. The van der Waals surface area contributed by atoms with Gasteiger partial charge in [0, 0.05) is 11.8 Å².